The van der Waals surface area contributed by atoms with Gasteiger partial charge in [-0.2, -0.15) is 0 Å². The van der Waals surface area contributed by atoms with Crippen LogP contribution in [0.2, 0.25) is 0 Å². The van der Waals surface area contributed by atoms with Crippen LogP contribution in [0.25, 0.3) is 0 Å². The molecule has 3 amide bonds. The van der Waals surface area contributed by atoms with Crippen molar-refractivity contribution in [1.82, 2.24) is 10.2 Å². The predicted octanol–water partition coefficient (Wildman–Crippen LogP) is 3.03. The van der Waals surface area contributed by atoms with Crippen LogP contribution in [0.1, 0.15) is 67.7 Å². The summed E-state index contributed by atoms with van der Waals surface area (Å²) in [6, 6.07) is 3.47. The van der Waals surface area contributed by atoms with Crippen LogP contribution in [0, 0.1) is 31.1 Å². The first-order valence-corrected chi connectivity index (χ1v) is 10.3. The molecule has 1 aliphatic carbocycles. The second-order valence-electron chi connectivity index (χ2n) is 8.59. The van der Waals surface area contributed by atoms with E-state index in [0.717, 1.165) is 22.3 Å². The average molecular weight is 408 g/mol. The molecule has 6 nitrogen and oxygen atoms in total. The molecule has 1 spiro atoms. The Kier molecular flexibility index (Phi) is 6.12. The van der Waals surface area contributed by atoms with Gasteiger partial charge in [-0.05, 0) is 67.9 Å². The van der Waals surface area contributed by atoms with Crippen molar-refractivity contribution in [3.63, 3.8) is 0 Å². The number of hydrogen-bond donors (Lipinski definition) is 1. The quantitative estimate of drug-likeness (QED) is 0.572. The van der Waals surface area contributed by atoms with Gasteiger partial charge in [0.15, 0.2) is 0 Å². The lowest BCUT2D eigenvalue weighted by Crippen LogP contribution is -2.51. The van der Waals surface area contributed by atoms with Crippen LogP contribution in [0.15, 0.2) is 12.1 Å². The van der Waals surface area contributed by atoms with Gasteiger partial charge in [0.1, 0.15) is 17.5 Å². The number of urea groups is 1. The molecule has 2 aliphatic rings. The largest absolute Gasteiger partial charge is 0.324 e. The highest BCUT2D eigenvalue weighted by molar-refractivity contribution is 6.10. The number of carbonyl (C=O) groups excluding carboxylic acids is 4. The summed E-state index contributed by atoms with van der Waals surface area (Å²) in [7, 11) is 0. The lowest BCUT2D eigenvalue weighted by Gasteiger charge is -2.44. The minimum absolute atomic E-state index is 0.0339. The van der Waals surface area contributed by atoms with Crippen LogP contribution < -0.4 is 5.32 Å². The Balaban J connectivity index is 1.76. The number of likely N-dealkylation sites (tertiary alicyclic amines) is 1. The van der Waals surface area contributed by atoms with Crippen LogP contribution in [-0.4, -0.2) is 41.5 Å². The fourth-order valence-corrected chi connectivity index (χ4v) is 4.92. The van der Waals surface area contributed by atoms with E-state index in [9.17, 15) is 19.2 Å². The van der Waals surface area contributed by atoms with Gasteiger partial charge >= 0.3 is 6.03 Å². The second-order valence-corrected chi connectivity index (χ2v) is 8.59. The normalized spacial score (nSPS) is 18.7. The van der Waals surface area contributed by atoms with Crippen molar-refractivity contribution in [1.29, 1.82) is 0 Å². The number of Topliss-reactive ketones (excluding diaryl/α,β-unsaturated/α-hetero) is 2. The average Bonchev–Trinajstić information content (AvgIpc) is 2.63. The fraction of sp³-hybridized carbons (Fsp3) is 0.500. The number of piperidine rings is 1. The number of imide groups is 1. The molecule has 0 radical (unpaired) electrons. The second kappa shape index (κ2) is 8.43. The number of amides is 3. The third-order valence-electron chi connectivity index (χ3n) is 6.29. The molecule has 1 aliphatic heterocycles. The zero-order chi connectivity index (χ0) is 22.1. The maximum Gasteiger partial charge on any atom is 0.324 e. The number of carbonyl (C=O) groups is 4. The summed E-state index contributed by atoms with van der Waals surface area (Å²) in [6.45, 7) is 7.81. The van der Waals surface area contributed by atoms with Gasteiger partial charge in [0.25, 0.3) is 0 Å². The summed E-state index contributed by atoms with van der Waals surface area (Å²) in [4.78, 5) is 51.1. The highest BCUT2D eigenvalue weighted by Crippen LogP contribution is 2.46. The SMILES string of the molecule is CC#Cc1cc(C)c(C2C(=O)CC3(CCN(C(=O)NC(C)=O)CC3)CC2=O)c(C)c1. The van der Waals surface area contributed by atoms with Crippen molar-refractivity contribution in [2.45, 2.75) is 59.3 Å². The third kappa shape index (κ3) is 4.30. The molecule has 1 N–H and O–H groups in total. The lowest BCUT2D eigenvalue weighted by atomic mass is 9.62. The molecule has 1 saturated heterocycles. The molecule has 0 unspecified atom stereocenters. The zero-order valence-electron chi connectivity index (χ0n) is 18.1. The monoisotopic (exact) mass is 408 g/mol. The van der Waals surface area contributed by atoms with E-state index < -0.39 is 17.9 Å². The summed E-state index contributed by atoms with van der Waals surface area (Å²) in [5, 5.41) is 2.28. The number of nitrogens with one attached hydrogen (secondary N) is 1. The Morgan fingerprint density at radius 3 is 2.07 bits per heavy atom. The Morgan fingerprint density at radius 1 is 1.07 bits per heavy atom. The van der Waals surface area contributed by atoms with E-state index in [1.807, 2.05) is 26.0 Å². The van der Waals surface area contributed by atoms with Gasteiger partial charge in [-0.3, -0.25) is 19.7 Å². The van der Waals surface area contributed by atoms with Gasteiger partial charge < -0.3 is 4.90 Å². The van der Waals surface area contributed by atoms with Crippen molar-refractivity contribution < 1.29 is 19.2 Å². The lowest BCUT2D eigenvalue weighted by molar-refractivity contribution is -0.138. The van der Waals surface area contributed by atoms with Gasteiger partial charge in [-0.15, -0.1) is 5.92 Å². The van der Waals surface area contributed by atoms with Gasteiger partial charge in [0.2, 0.25) is 5.91 Å². The molecule has 0 atom stereocenters. The van der Waals surface area contributed by atoms with E-state index in [1.165, 1.54) is 6.92 Å². The number of nitrogens with zero attached hydrogens (tertiary/aromatic N) is 1. The number of ketones is 2. The maximum atomic E-state index is 13.2. The van der Waals surface area contributed by atoms with Crippen molar-refractivity contribution in [3.8, 4) is 11.8 Å². The van der Waals surface area contributed by atoms with Crippen LogP contribution in [0.5, 0.6) is 0 Å². The number of aryl methyl sites for hydroxylation is 2. The molecule has 0 aromatic heterocycles. The summed E-state index contributed by atoms with van der Waals surface area (Å²) >= 11 is 0. The number of rotatable bonds is 1. The summed E-state index contributed by atoms with van der Waals surface area (Å²) < 4.78 is 0. The molecular weight excluding hydrogens is 380 g/mol. The van der Waals surface area contributed by atoms with Crippen molar-refractivity contribution in [3.05, 3.63) is 34.4 Å². The Bertz CT molecular complexity index is 932. The highest BCUT2D eigenvalue weighted by atomic mass is 16.2. The molecule has 0 bridgehead atoms. The Labute approximate surface area is 177 Å². The Morgan fingerprint density at radius 2 is 1.60 bits per heavy atom. The Hall–Kier alpha value is -2.94. The minimum Gasteiger partial charge on any atom is -0.324 e. The first kappa shape index (κ1) is 21.8. The molecule has 30 heavy (non-hydrogen) atoms. The molecular formula is C24H28N2O4. The van der Waals surface area contributed by atoms with Crippen LogP contribution in [-0.2, 0) is 14.4 Å². The van der Waals surface area contributed by atoms with Crippen molar-refractivity contribution in [2.24, 2.45) is 5.41 Å². The van der Waals surface area contributed by atoms with E-state index in [1.54, 1.807) is 11.8 Å². The van der Waals surface area contributed by atoms with E-state index >= 15 is 0 Å². The predicted molar refractivity (Wildman–Crippen MR) is 113 cm³/mol. The van der Waals surface area contributed by atoms with E-state index in [0.29, 0.717) is 38.8 Å². The van der Waals surface area contributed by atoms with Crippen molar-refractivity contribution in [2.75, 3.05) is 13.1 Å². The van der Waals surface area contributed by atoms with E-state index in [-0.39, 0.29) is 17.0 Å². The van der Waals surface area contributed by atoms with Crippen molar-refractivity contribution >= 4 is 23.5 Å². The first-order valence-electron chi connectivity index (χ1n) is 10.3. The van der Waals surface area contributed by atoms with Crippen LogP contribution in [0.3, 0.4) is 0 Å². The van der Waals surface area contributed by atoms with Gasteiger partial charge in [-0.1, -0.05) is 5.92 Å². The summed E-state index contributed by atoms with van der Waals surface area (Å²) in [6.07, 6.45) is 1.87. The van der Waals surface area contributed by atoms with Crippen LogP contribution >= 0.6 is 0 Å². The third-order valence-corrected chi connectivity index (χ3v) is 6.29. The van der Waals surface area contributed by atoms with Gasteiger partial charge in [0.05, 0.1) is 0 Å². The van der Waals surface area contributed by atoms with Gasteiger partial charge in [0, 0.05) is 38.4 Å². The molecule has 1 heterocycles. The number of hydrogen-bond acceptors (Lipinski definition) is 4. The maximum absolute atomic E-state index is 13.2. The van der Waals surface area contributed by atoms with Crippen LogP contribution in [0.4, 0.5) is 4.79 Å². The number of benzene rings is 1. The fourth-order valence-electron chi connectivity index (χ4n) is 4.92. The first-order chi connectivity index (χ1) is 14.2. The molecule has 1 aromatic rings. The molecule has 2 fully saturated rings. The summed E-state index contributed by atoms with van der Waals surface area (Å²) in [5.74, 6) is 4.74. The molecule has 1 saturated carbocycles. The molecule has 1 aromatic carbocycles. The zero-order valence-corrected chi connectivity index (χ0v) is 18.1. The topological polar surface area (TPSA) is 83.6 Å². The standard InChI is InChI=1S/C24H28N2O4/c1-5-6-18-11-15(2)21(16(3)12-18)22-19(28)13-24(14-20(22)29)7-9-26(10-8-24)23(30)25-17(4)27/h11-12,22H,7-10,13-14H2,1-4H3,(H,25,27,30). The van der Waals surface area contributed by atoms with E-state index in [4.69, 9.17) is 0 Å². The molecule has 3 rings (SSSR count). The highest BCUT2D eigenvalue weighted by Gasteiger charge is 2.47. The molecule has 6 heteroatoms. The summed E-state index contributed by atoms with van der Waals surface area (Å²) in [5.41, 5.74) is 3.17. The van der Waals surface area contributed by atoms with E-state index in [2.05, 4.69) is 17.2 Å². The van der Waals surface area contributed by atoms with Gasteiger partial charge in [-0.25, -0.2) is 4.79 Å². The molecule has 158 valence electrons. The minimum atomic E-state index is -0.710. The smallest absolute Gasteiger partial charge is 0.324 e.